The lowest BCUT2D eigenvalue weighted by atomic mass is 10.0. The van der Waals surface area contributed by atoms with E-state index in [2.05, 4.69) is 38.0 Å². The van der Waals surface area contributed by atoms with Crippen LogP contribution >= 0.6 is 0 Å². The first-order chi connectivity index (χ1) is 13.8. The zero-order valence-corrected chi connectivity index (χ0v) is 18.7. The van der Waals surface area contributed by atoms with Crippen LogP contribution in [0.4, 0.5) is 0 Å². The number of hydrogen-bond donors (Lipinski definition) is 1. The summed E-state index contributed by atoms with van der Waals surface area (Å²) >= 11 is 0. The van der Waals surface area contributed by atoms with Crippen molar-refractivity contribution >= 4 is 11.8 Å². The van der Waals surface area contributed by atoms with Crippen LogP contribution in [0.1, 0.15) is 95.4 Å². The summed E-state index contributed by atoms with van der Waals surface area (Å²) in [5, 5.41) is 2.87. The Morgan fingerprint density at radius 2 is 1.86 bits per heavy atom. The maximum atomic E-state index is 12.8. The fourth-order valence-corrected chi connectivity index (χ4v) is 3.71. The minimum atomic E-state index is -0.220. The zero-order valence-electron chi connectivity index (χ0n) is 18.7. The third kappa shape index (κ3) is 8.58. The van der Waals surface area contributed by atoms with Crippen LogP contribution in [-0.2, 0) is 11.3 Å². The van der Waals surface area contributed by atoms with E-state index in [-0.39, 0.29) is 17.5 Å². The summed E-state index contributed by atoms with van der Waals surface area (Å²) in [7, 11) is 0. The van der Waals surface area contributed by atoms with Crippen molar-refractivity contribution in [2.45, 2.75) is 85.6 Å². The predicted molar refractivity (Wildman–Crippen MR) is 114 cm³/mol. The van der Waals surface area contributed by atoms with Crippen molar-refractivity contribution in [1.82, 2.24) is 15.2 Å². The van der Waals surface area contributed by atoms with Crippen LogP contribution in [-0.4, -0.2) is 34.8 Å². The summed E-state index contributed by atoms with van der Waals surface area (Å²) in [6.07, 6.45) is 9.94. The Labute approximate surface area is 175 Å². The van der Waals surface area contributed by atoms with E-state index >= 15 is 0 Å². The normalized spacial score (nSPS) is 14.7. The summed E-state index contributed by atoms with van der Waals surface area (Å²) in [6.45, 7) is 10.2. The summed E-state index contributed by atoms with van der Waals surface area (Å²) < 4.78 is 5.51. The number of carbonyl (C=O) groups is 2. The molecule has 0 bridgehead atoms. The number of carbonyl (C=O) groups excluding carboxylic acids is 2. The van der Waals surface area contributed by atoms with Gasteiger partial charge in [-0.3, -0.25) is 9.59 Å². The number of nitrogens with zero attached hydrogens (tertiary/aromatic N) is 2. The number of nitrogens with one attached hydrogen (secondary N) is 1. The molecule has 1 N–H and O–H groups in total. The van der Waals surface area contributed by atoms with Crippen LogP contribution in [0.3, 0.4) is 0 Å². The Hall–Kier alpha value is -1.85. The van der Waals surface area contributed by atoms with Gasteiger partial charge in [0.05, 0.1) is 6.54 Å². The molecule has 0 atom stereocenters. The minimum Gasteiger partial charge on any atom is -0.446 e. The molecule has 2 amide bonds. The number of amides is 2. The van der Waals surface area contributed by atoms with Crippen LogP contribution < -0.4 is 5.32 Å². The lowest BCUT2D eigenvalue weighted by molar-refractivity contribution is -0.132. The maximum absolute atomic E-state index is 12.8. The molecule has 1 aromatic heterocycles. The fourth-order valence-electron chi connectivity index (χ4n) is 3.71. The molecular formula is C23H39N3O3. The fraction of sp³-hybridized carbons (Fsp3) is 0.783. The SMILES string of the molecule is CC(C)CCNC(=O)c1coc(CN(CCC(C)C)C(=O)CCC2CCCC2)n1. The highest BCUT2D eigenvalue weighted by Gasteiger charge is 2.21. The lowest BCUT2D eigenvalue weighted by Gasteiger charge is -2.23. The third-order valence-electron chi connectivity index (χ3n) is 5.69. The minimum absolute atomic E-state index is 0.165. The second kappa shape index (κ2) is 12.0. The number of rotatable bonds is 12. The van der Waals surface area contributed by atoms with Gasteiger partial charge in [0, 0.05) is 19.5 Å². The quantitative estimate of drug-likeness (QED) is 0.542. The van der Waals surface area contributed by atoms with E-state index < -0.39 is 0 Å². The van der Waals surface area contributed by atoms with Gasteiger partial charge in [-0.05, 0) is 37.0 Å². The van der Waals surface area contributed by atoms with E-state index in [1.807, 2.05) is 4.90 Å². The van der Waals surface area contributed by atoms with Crippen LogP contribution in [0.15, 0.2) is 10.7 Å². The predicted octanol–water partition coefficient (Wildman–Crippen LogP) is 4.80. The van der Waals surface area contributed by atoms with Crippen molar-refractivity contribution in [3.8, 4) is 0 Å². The van der Waals surface area contributed by atoms with Gasteiger partial charge in [0.2, 0.25) is 11.8 Å². The second-order valence-electron chi connectivity index (χ2n) is 9.25. The molecule has 1 aromatic rings. The average Bonchev–Trinajstić information content (AvgIpc) is 3.34. The van der Waals surface area contributed by atoms with E-state index in [1.54, 1.807) is 0 Å². The lowest BCUT2D eigenvalue weighted by Crippen LogP contribution is -2.32. The van der Waals surface area contributed by atoms with Gasteiger partial charge >= 0.3 is 0 Å². The first-order valence-corrected chi connectivity index (χ1v) is 11.4. The van der Waals surface area contributed by atoms with Gasteiger partial charge in [-0.1, -0.05) is 53.4 Å². The van der Waals surface area contributed by atoms with Crippen molar-refractivity contribution in [1.29, 1.82) is 0 Å². The van der Waals surface area contributed by atoms with Crippen LogP contribution in [0.25, 0.3) is 0 Å². The van der Waals surface area contributed by atoms with Crippen molar-refractivity contribution in [3.63, 3.8) is 0 Å². The Kier molecular flexibility index (Phi) is 9.68. The van der Waals surface area contributed by atoms with Crippen molar-refractivity contribution in [2.75, 3.05) is 13.1 Å². The van der Waals surface area contributed by atoms with Crippen LogP contribution in [0, 0.1) is 17.8 Å². The molecule has 1 fully saturated rings. The maximum Gasteiger partial charge on any atom is 0.273 e. The van der Waals surface area contributed by atoms with E-state index in [1.165, 1.54) is 31.9 Å². The Bertz CT molecular complexity index is 633. The summed E-state index contributed by atoms with van der Waals surface area (Å²) in [4.78, 5) is 31.2. The van der Waals surface area contributed by atoms with E-state index in [0.29, 0.717) is 49.7 Å². The summed E-state index contributed by atoms with van der Waals surface area (Å²) in [6, 6.07) is 0. The molecule has 164 valence electrons. The molecule has 0 aromatic carbocycles. The van der Waals surface area contributed by atoms with Crippen molar-refractivity contribution in [2.24, 2.45) is 17.8 Å². The van der Waals surface area contributed by atoms with Gasteiger partial charge in [-0.2, -0.15) is 0 Å². The highest BCUT2D eigenvalue weighted by Crippen LogP contribution is 2.28. The largest absolute Gasteiger partial charge is 0.446 e. The number of oxazole rings is 1. The molecule has 1 heterocycles. The van der Waals surface area contributed by atoms with Gasteiger partial charge in [0.15, 0.2) is 5.69 Å². The molecule has 6 nitrogen and oxygen atoms in total. The highest BCUT2D eigenvalue weighted by molar-refractivity contribution is 5.91. The smallest absolute Gasteiger partial charge is 0.273 e. The standard InChI is InChI=1S/C23H39N3O3/c1-17(2)11-13-24-23(28)20-16-29-21(25-20)15-26(14-12-18(3)4)22(27)10-9-19-7-5-6-8-19/h16-19H,5-15H2,1-4H3,(H,24,28). The summed E-state index contributed by atoms with van der Waals surface area (Å²) in [5.41, 5.74) is 0.283. The van der Waals surface area contributed by atoms with E-state index in [9.17, 15) is 9.59 Å². The molecule has 0 radical (unpaired) electrons. The molecule has 2 rings (SSSR count). The third-order valence-corrected chi connectivity index (χ3v) is 5.69. The van der Waals surface area contributed by atoms with Crippen molar-refractivity contribution < 1.29 is 14.0 Å². The zero-order chi connectivity index (χ0) is 21.2. The molecule has 0 spiro atoms. The molecule has 0 saturated heterocycles. The van der Waals surface area contributed by atoms with Gasteiger partial charge in [0.1, 0.15) is 6.26 Å². The van der Waals surface area contributed by atoms with E-state index in [4.69, 9.17) is 4.42 Å². The van der Waals surface area contributed by atoms with Crippen molar-refractivity contribution in [3.05, 3.63) is 17.8 Å². The van der Waals surface area contributed by atoms with Crippen LogP contribution in [0.2, 0.25) is 0 Å². The molecule has 29 heavy (non-hydrogen) atoms. The molecule has 1 aliphatic carbocycles. The van der Waals surface area contributed by atoms with E-state index in [0.717, 1.165) is 19.3 Å². The molecule has 0 unspecified atom stereocenters. The average molecular weight is 406 g/mol. The first kappa shape index (κ1) is 23.4. The summed E-state index contributed by atoms with van der Waals surface area (Å²) in [5.74, 6) is 2.13. The van der Waals surface area contributed by atoms with Crippen LogP contribution in [0.5, 0.6) is 0 Å². The van der Waals surface area contributed by atoms with Gasteiger partial charge < -0.3 is 14.6 Å². The molecule has 1 aliphatic rings. The Morgan fingerprint density at radius 3 is 2.52 bits per heavy atom. The molecule has 1 saturated carbocycles. The Morgan fingerprint density at radius 1 is 1.17 bits per heavy atom. The molecule has 6 heteroatoms. The topological polar surface area (TPSA) is 75.4 Å². The number of hydrogen-bond acceptors (Lipinski definition) is 4. The first-order valence-electron chi connectivity index (χ1n) is 11.4. The second-order valence-corrected chi connectivity index (χ2v) is 9.25. The molecule has 0 aliphatic heterocycles. The van der Waals surface area contributed by atoms with Gasteiger partial charge in [0.25, 0.3) is 5.91 Å². The van der Waals surface area contributed by atoms with Gasteiger partial charge in [-0.15, -0.1) is 0 Å². The molecular weight excluding hydrogens is 366 g/mol. The Balaban J connectivity index is 1.90. The van der Waals surface area contributed by atoms with Gasteiger partial charge in [-0.25, -0.2) is 4.98 Å². The highest BCUT2D eigenvalue weighted by atomic mass is 16.3. The number of aromatic nitrogens is 1. The monoisotopic (exact) mass is 405 g/mol.